The molecule has 0 aliphatic rings. The van der Waals surface area contributed by atoms with Crippen LogP contribution < -0.4 is 16.0 Å². The number of carbonyl (C=O) groups is 2. The van der Waals surface area contributed by atoms with Gasteiger partial charge in [-0.15, -0.1) is 0 Å². The van der Waals surface area contributed by atoms with Gasteiger partial charge in [-0.05, 0) is 48.8 Å². The molecule has 0 heterocycles. The first-order valence-electron chi connectivity index (χ1n) is 9.11. The fourth-order valence-electron chi connectivity index (χ4n) is 2.49. The Labute approximate surface area is 165 Å². The fourth-order valence-corrected chi connectivity index (χ4v) is 2.72. The van der Waals surface area contributed by atoms with Crippen molar-refractivity contribution in [2.75, 3.05) is 10.6 Å². The number of unbranched alkanes of at least 4 members (excludes halogenated alkanes) is 1. The minimum atomic E-state index is -0.0975. The first-order chi connectivity index (χ1) is 13.1. The first kappa shape index (κ1) is 20.6. The zero-order valence-electron chi connectivity index (χ0n) is 15.5. The molecule has 5 nitrogen and oxygen atoms in total. The lowest BCUT2D eigenvalue weighted by atomic mass is 10.1. The Kier molecular flexibility index (Phi) is 8.45. The molecule has 142 valence electrons. The summed E-state index contributed by atoms with van der Waals surface area (Å²) in [5.74, 6) is -0.147. The molecule has 27 heavy (non-hydrogen) atoms. The summed E-state index contributed by atoms with van der Waals surface area (Å²) in [6.45, 7) is 2.03. The normalized spacial score (nSPS) is 10.1. The largest absolute Gasteiger partial charge is 0.332 e. The summed E-state index contributed by atoms with van der Waals surface area (Å²) in [5, 5.41) is 8.76. The molecule has 0 atom stereocenters. The van der Waals surface area contributed by atoms with E-state index in [2.05, 4.69) is 16.0 Å². The van der Waals surface area contributed by atoms with Gasteiger partial charge in [0.15, 0.2) is 5.11 Å². The number of hydrogen-bond acceptors (Lipinski definition) is 3. The highest BCUT2D eigenvalue weighted by atomic mass is 32.1. The Morgan fingerprint density at radius 1 is 0.889 bits per heavy atom. The molecular weight excluding hydrogens is 358 g/mol. The van der Waals surface area contributed by atoms with Gasteiger partial charge in [-0.1, -0.05) is 49.7 Å². The van der Waals surface area contributed by atoms with E-state index in [1.165, 1.54) is 0 Å². The molecule has 6 heteroatoms. The Bertz CT molecular complexity index is 778. The van der Waals surface area contributed by atoms with E-state index in [9.17, 15) is 9.59 Å². The summed E-state index contributed by atoms with van der Waals surface area (Å²) >= 11 is 5.16. The molecule has 0 aromatic heterocycles. The SMILES string of the molecule is CCCCC(=O)NC(=S)Nc1cccc(NC(=O)CCc2ccccc2)c1. The third kappa shape index (κ3) is 8.00. The number of aryl methyl sites for hydroxylation is 1. The van der Waals surface area contributed by atoms with Crippen LogP contribution in [0.15, 0.2) is 54.6 Å². The Morgan fingerprint density at radius 3 is 2.30 bits per heavy atom. The van der Waals surface area contributed by atoms with E-state index >= 15 is 0 Å². The van der Waals surface area contributed by atoms with Crippen LogP contribution in [0.25, 0.3) is 0 Å². The van der Waals surface area contributed by atoms with Crippen molar-refractivity contribution in [1.82, 2.24) is 5.32 Å². The minimum Gasteiger partial charge on any atom is -0.332 e. The predicted molar refractivity (Wildman–Crippen MR) is 114 cm³/mol. The van der Waals surface area contributed by atoms with Crippen LogP contribution in [0.5, 0.6) is 0 Å². The van der Waals surface area contributed by atoms with Gasteiger partial charge >= 0.3 is 0 Å². The van der Waals surface area contributed by atoms with Gasteiger partial charge in [-0.25, -0.2) is 0 Å². The van der Waals surface area contributed by atoms with Crippen LogP contribution in [0.2, 0.25) is 0 Å². The highest BCUT2D eigenvalue weighted by molar-refractivity contribution is 7.80. The van der Waals surface area contributed by atoms with Gasteiger partial charge in [-0.2, -0.15) is 0 Å². The number of hydrogen-bond donors (Lipinski definition) is 3. The quantitative estimate of drug-likeness (QED) is 0.596. The molecule has 0 aliphatic carbocycles. The molecule has 2 aromatic carbocycles. The molecule has 0 fully saturated rings. The maximum atomic E-state index is 12.2. The summed E-state index contributed by atoms with van der Waals surface area (Å²) in [4.78, 5) is 23.9. The third-order valence-electron chi connectivity index (χ3n) is 3.90. The van der Waals surface area contributed by atoms with Crippen molar-refractivity contribution in [2.24, 2.45) is 0 Å². The van der Waals surface area contributed by atoms with Gasteiger partial charge in [0, 0.05) is 24.2 Å². The second-order valence-electron chi connectivity index (χ2n) is 6.22. The molecule has 0 saturated carbocycles. The van der Waals surface area contributed by atoms with Crippen molar-refractivity contribution in [3.8, 4) is 0 Å². The number of nitrogens with one attached hydrogen (secondary N) is 3. The van der Waals surface area contributed by atoms with E-state index in [0.29, 0.717) is 30.6 Å². The number of benzene rings is 2. The van der Waals surface area contributed by atoms with Crippen LogP contribution in [0.4, 0.5) is 11.4 Å². The zero-order valence-corrected chi connectivity index (χ0v) is 16.3. The molecule has 3 N–H and O–H groups in total. The molecule has 0 radical (unpaired) electrons. The van der Waals surface area contributed by atoms with Crippen LogP contribution in [0.1, 0.15) is 38.2 Å². The topological polar surface area (TPSA) is 70.2 Å². The highest BCUT2D eigenvalue weighted by Gasteiger charge is 2.06. The van der Waals surface area contributed by atoms with Crippen molar-refractivity contribution in [3.63, 3.8) is 0 Å². The number of thiocarbonyl (C=S) groups is 1. The lowest BCUT2D eigenvalue weighted by Crippen LogP contribution is -2.33. The van der Waals surface area contributed by atoms with Crippen LogP contribution in [-0.4, -0.2) is 16.9 Å². The van der Waals surface area contributed by atoms with Gasteiger partial charge < -0.3 is 16.0 Å². The summed E-state index contributed by atoms with van der Waals surface area (Å²) < 4.78 is 0. The predicted octanol–water partition coefficient (Wildman–Crippen LogP) is 4.26. The molecule has 0 spiro atoms. The first-order valence-corrected chi connectivity index (χ1v) is 9.52. The molecule has 2 amide bonds. The zero-order chi connectivity index (χ0) is 19.5. The average molecular weight is 384 g/mol. The summed E-state index contributed by atoms with van der Waals surface area (Å²) in [7, 11) is 0. The number of carbonyl (C=O) groups excluding carboxylic acids is 2. The lowest BCUT2D eigenvalue weighted by molar-refractivity contribution is -0.119. The van der Waals surface area contributed by atoms with E-state index in [-0.39, 0.29) is 16.9 Å². The van der Waals surface area contributed by atoms with Crippen LogP contribution >= 0.6 is 12.2 Å². The van der Waals surface area contributed by atoms with Crippen molar-refractivity contribution in [3.05, 3.63) is 60.2 Å². The highest BCUT2D eigenvalue weighted by Crippen LogP contribution is 2.15. The standard InChI is InChI=1S/C21H25N3O2S/c1-2-3-12-19(25)24-21(27)23-18-11-7-10-17(15-18)22-20(26)14-13-16-8-5-4-6-9-16/h4-11,15H,2-3,12-14H2,1H3,(H,22,26)(H2,23,24,25,27). The van der Waals surface area contributed by atoms with Crippen molar-refractivity contribution in [1.29, 1.82) is 0 Å². The smallest absolute Gasteiger partial charge is 0.226 e. The summed E-state index contributed by atoms with van der Waals surface area (Å²) in [6.07, 6.45) is 3.35. The molecule has 0 bridgehead atoms. The second-order valence-corrected chi connectivity index (χ2v) is 6.63. The summed E-state index contributed by atoms with van der Waals surface area (Å²) in [6, 6.07) is 17.1. The monoisotopic (exact) mass is 383 g/mol. The number of amides is 2. The van der Waals surface area contributed by atoms with Crippen LogP contribution in [0, 0.1) is 0 Å². The van der Waals surface area contributed by atoms with Crippen molar-refractivity contribution >= 4 is 40.5 Å². The van der Waals surface area contributed by atoms with Gasteiger partial charge in [0.1, 0.15) is 0 Å². The number of rotatable bonds is 8. The van der Waals surface area contributed by atoms with Crippen molar-refractivity contribution < 1.29 is 9.59 Å². The Morgan fingerprint density at radius 2 is 1.59 bits per heavy atom. The van der Waals surface area contributed by atoms with E-state index in [1.54, 1.807) is 6.07 Å². The lowest BCUT2D eigenvalue weighted by Gasteiger charge is -2.11. The van der Waals surface area contributed by atoms with E-state index in [4.69, 9.17) is 12.2 Å². The summed E-state index contributed by atoms with van der Waals surface area (Å²) in [5.41, 5.74) is 2.52. The molecule has 2 rings (SSSR count). The van der Waals surface area contributed by atoms with Crippen LogP contribution in [0.3, 0.4) is 0 Å². The van der Waals surface area contributed by atoms with Gasteiger partial charge in [0.05, 0.1) is 0 Å². The Balaban J connectivity index is 1.82. The van der Waals surface area contributed by atoms with E-state index in [1.807, 2.05) is 55.5 Å². The van der Waals surface area contributed by atoms with Gasteiger partial charge in [-0.3, -0.25) is 9.59 Å². The third-order valence-corrected chi connectivity index (χ3v) is 4.10. The maximum Gasteiger partial charge on any atom is 0.226 e. The van der Waals surface area contributed by atoms with E-state index < -0.39 is 0 Å². The Hall–Kier alpha value is -2.73. The van der Waals surface area contributed by atoms with Gasteiger partial charge in [0.25, 0.3) is 0 Å². The molecule has 2 aromatic rings. The van der Waals surface area contributed by atoms with E-state index in [0.717, 1.165) is 18.4 Å². The second kappa shape index (κ2) is 11.1. The maximum absolute atomic E-state index is 12.2. The van der Waals surface area contributed by atoms with Crippen molar-refractivity contribution in [2.45, 2.75) is 39.0 Å². The number of anilines is 2. The van der Waals surface area contributed by atoms with Crippen LogP contribution in [-0.2, 0) is 16.0 Å². The fraction of sp³-hybridized carbons (Fsp3) is 0.286. The van der Waals surface area contributed by atoms with Gasteiger partial charge in [0.2, 0.25) is 11.8 Å². The average Bonchev–Trinajstić information content (AvgIpc) is 2.65. The molecular formula is C21H25N3O2S. The molecule has 0 unspecified atom stereocenters. The minimum absolute atomic E-state index is 0.0496. The molecule has 0 aliphatic heterocycles. The molecule has 0 saturated heterocycles.